The number of fused-ring (bicyclic) bond motifs is 1. The van der Waals surface area contributed by atoms with Gasteiger partial charge < -0.3 is 21.7 Å². The third-order valence-corrected chi connectivity index (χ3v) is 4.62. The molecule has 2 nitrogen and oxygen atoms in total. The first-order valence-corrected chi connectivity index (χ1v) is 9.88. The molecular weight excluding hydrogens is 484 g/mol. The van der Waals surface area contributed by atoms with Gasteiger partial charge >= 0.3 is 7.25 Å². The summed E-state index contributed by atoms with van der Waals surface area (Å²) < 4.78 is 46.1. The summed E-state index contributed by atoms with van der Waals surface area (Å²) in [7, 11) is -6.00. The second kappa shape index (κ2) is 9.49. The first-order valence-electron chi connectivity index (χ1n) is 8.71. The lowest BCUT2D eigenvalue weighted by atomic mass is 10.1. The van der Waals surface area contributed by atoms with E-state index in [-0.39, 0.29) is 0 Å². The number of hydrogen-bond donors (Lipinski definition) is 1. The minimum absolute atomic E-state index is 0.694. The Kier molecular flexibility index (Phi) is 7.00. The standard InChI is InChI=1S/C21H13BrClNO.BF4/c22-15-9-10-20-18(11-15)19(24-17-8-4-7-16(23)12-17)13-21(25-20)14-5-2-1-3-6-14;2-1(3,4)5/h1-13H;/q;-1/p+1. The van der Waals surface area contributed by atoms with Crippen LogP contribution in [0.4, 0.5) is 23.0 Å². The number of halogens is 6. The maximum atomic E-state index is 9.75. The molecule has 154 valence electrons. The number of hydrogen-bond acceptors (Lipinski definition) is 1. The first kappa shape index (κ1) is 22.1. The Morgan fingerprint density at radius 1 is 0.833 bits per heavy atom. The summed E-state index contributed by atoms with van der Waals surface area (Å²) in [4.78, 5) is 3.46. The molecule has 9 heteroatoms. The van der Waals surface area contributed by atoms with E-state index < -0.39 is 7.25 Å². The summed E-state index contributed by atoms with van der Waals surface area (Å²) in [6, 6.07) is 25.7. The number of nitrogens with one attached hydrogen (secondary N) is 1. The summed E-state index contributed by atoms with van der Waals surface area (Å²) in [6.07, 6.45) is 0. The van der Waals surface area contributed by atoms with Crippen LogP contribution in [0.2, 0.25) is 5.02 Å². The van der Waals surface area contributed by atoms with Gasteiger partial charge in [-0.2, -0.15) is 0 Å². The minimum atomic E-state index is -6.00. The molecule has 1 N–H and O–H groups in total. The molecule has 0 aliphatic carbocycles. The Morgan fingerprint density at radius 3 is 2.20 bits per heavy atom. The van der Waals surface area contributed by atoms with Crippen molar-refractivity contribution in [1.82, 2.24) is 0 Å². The van der Waals surface area contributed by atoms with Gasteiger partial charge in [-0.25, -0.2) is 4.99 Å². The normalized spacial score (nSPS) is 11.9. The van der Waals surface area contributed by atoms with Gasteiger partial charge in [0.15, 0.2) is 0 Å². The van der Waals surface area contributed by atoms with Gasteiger partial charge in [-0.1, -0.05) is 63.9 Å². The quantitative estimate of drug-likeness (QED) is 0.261. The van der Waals surface area contributed by atoms with Crippen LogP contribution in [0, 0.1) is 0 Å². The van der Waals surface area contributed by atoms with Gasteiger partial charge in [0.1, 0.15) is 11.3 Å². The van der Waals surface area contributed by atoms with Crippen LogP contribution in [0.25, 0.3) is 22.3 Å². The van der Waals surface area contributed by atoms with E-state index in [1.807, 2.05) is 78.9 Å². The highest BCUT2D eigenvalue weighted by atomic mass is 79.9. The fourth-order valence-corrected chi connectivity index (χ4v) is 3.28. The minimum Gasteiger partial charge on any atom is -0.456 e. The summed E-state index contributed by atoms with van der Waals surface area (Å²) in [6.45, 7) is 0. The summed E-state index contributed by atoms with van der Waals surface area (Å²) >= 11 is 9.65. The smallest absolute Gasteiger partial charge is 0.456 e. The predicted molar refractivity (Wildman–Crippen MR) is 115 cm³/mol. The van der Waals surface area contributed by atoms with Crippen molar-refractivity contribution in [3.8, 4) is 11.3 Å². The number of rotatable bonds is 2. The van der Waals surface area contributed by atoms with Crippen LogP contribution in [-0.4, -0.2) is 7.25 Å². The Bertz CT molecular complexity index is 1220. The molecular formula is C21H14BBrClF4NO. The van der Waals surface area contributed by atoms with Crippen LogP contribution < -0.4 is 10.3 Å². The average molecular weight is 499 g/mol. The Morgan fingerprint density at radius 2 is 1.53 bits per heavy atom. The van der Waals surface area contributed by atoms with Gasteiger partial charge in [-0.15, -0.1) is 0 Å². The van der Waals surface area contributed by atoms with E-state index in [2.05, 4.69) is 20.9 Å². The van der Waals surface area contributed by atoms with Crippen molar-refractivity contribution in [2.45, 2.75) is 0 Å². The van der Waals surface area contributed by atoms with Gasteiger partial charge in [-0.05, 0) is 24.3 Å². The lowest BCUT2D eigenvalue weighted by molar-refractivity contribution is -0.400. The van der Waals surface area contributed by atoms with E-state index in [0.717, 1.165) is 37.8 Å². The fourth-order valence-electron chi connectivity index (χ4n) is 2.73. The van der Waals surface area contributed by atoms with E-state index >= 15 is 0 Å². The maximum Gasteiger partial charge on any atom is 0.673 e. The Hall–Kier alpha value is -2.58. The van der Waals surface area contributed by atoms with Crippen molar-refractivity contribution in [3.63, 3.8) is 0 Å². The van der Waals surface area contributed by atoms with Gasteiger partial charge in [0.25, 0.3) is 0 Å². The second-order valence-corrected chi connectivity index (χ2v) is 7.51. The predicted octanol–water partition coefficient (Wildman–Crippen LogP) is 6.13. The lowest BCUT2D eigenvalue weighted by Crippen LogP contribution is -2.70. The maximum absolute atomic E-state index is 9.75. The molecule has 4 aromatic rings. The van der Waals surface area contributed by atoms with Gasteiger partial charge in [0.05, 0.1) is 11.5 Å². The highest BCUT2D eigenvalue weighted by molar-refractivity contribution is 9.10. The van der Waals surface area contributed by atoms with Crippen LogP contribution in [0.3, 0.4) is 0 Å². The van der Waals surface area contributed by atoms with Crippen molar-refractivity contribution < 1.29 is 26.7 Å². The molecule has 0 radical (unpaired) electrons. The Labute approximate surface area is 183 Å². The third-order valence-electron chi connectivity index (χ3n) is 3.89. The van der Waals surface area contributed by atoms with E-state index in [1.54, 1.807) is 0 Å². The van der Waals surface area contributed by atoms with Gasteiger partial charge in [0.2, 0.25) is 11.0 Å². The Balaban J connectivity index is 0.000000461. The zero-order valence-electron chi connectivity index (χ0n) is 15.3. The van der Waals surface area contributed by atoms with E-state index in [9.17, 15) is 17.3 Å². The SMILES string of the molecule is Clc1cccc([NH+]=c2cc(-c3ccccc3)oc3ccc(Br)cc23)c1.F[B-](F)(F)F. The molecule has 0 unspecified atom stereocenters. The average Bonchev–Trinajstić information content (AvgIpc) is 2.68. The highest BCUT2D eigenvalue weighted by Gasteiger charge is 2.20. The first-order chi connectivity index (χ1) is 14.2. The van der Waals surface area contributed by atoms with Gasteiger partial charge in [0, 0.05) is 27.2 Å². The molecule has 0 aliphatic rings. The van der Waals surface area contributed by atoms with Crippen molar-refractivity contribution in [3.05, 3.63) is 93.7 Å². The molecule has 30 heavy (non-hydrogen) atoms. The largest absolute Gasteiger partial charge is 0.673 e. The molecule has 0 saturated heterocycles. The zero-order valence-corrected chi connectivity index (χ0v) is 17.6. The molecule has 1 aromatic heterocycles. The van der Waals surface area contributed by atoms with E-state index in [4.69, 9.17) is 16.0 Å². The van der Waals surface area contributed by atoms with Crippen molar-refractivity contribution in [2.24, 2.45) is 0 Å². The van der Waals surface area contributed by atoms with Crippen LogP contribution in [0.15, 0.2) is 87.8 Å². The molecule has 0 atom stereocenters. The van der Waals surface area contributed by atoms with Crippen LogP contribution in [-0.2, 0) is 0 Å². The van der Waals surface area contributed by atoms with Gasteiger partial charge in [-0.3, -0.25) is 0 Å². The van der Waals surface area contributed by atoms with Crippen LogP contribution in [0.5, 0.6) is 0 Å². The molecule has 4 rings (SSSR count). The van der Waals surface area contributed by atoms with Crippen molar-refractivity contribution in [2.75, 3.05) is 0 Å². The fraction of sp³-hybridized carbons (Fsp3) is 0. The topological polar surface area (TPSA) is 27.1 Å². The molecule has 0 aliphatic heterocycles. The number of benzene rings is 3. The second-order valence-electron chi connectivity index (χ2n) is 6.16. The summed E-state index contributed by atoms with van der Waals surface area (Å²) in [5.41, 5.74) is 2.77. The van der Waals surface area contributed by atoms with Crippen molar-refractivity contribution >= 4 is 51.4 Å². The van der Waals surface area contributed by atoms with E-state index in [1.165, 1.54) is 0 Å². The molecule has 0 saturated carbocycles. The van der Waals surface area contributed by atoms with Crippen molar-refractivity contribution in [1.29, 1.82) is 0 Å². The van der Waals surface area contributed by atoms with E-state index in [0.29, 0.717) is 5.02 Å². The molecule has 3 aromatic carbocycles. The van der Waals surface area contributed by atoms with Crippen LogP contribution in [0.1, 0.15) is 0 Å². The molecule has 0 spiro atoms. The summed E-state index contributed by atoms with van der Waals surface area (Å²) in [5.74, 6) is 0.806. The monoisotopic (exact) mass is 497 g/mol. The zero-order chi connectivity index (χ0) is 21.7. The highest BCUT2D eigenvalue weighted by Crippen LogP contribution is 2.23. The third kappa shape index (κ3) is 6.47. The molecule has 0 fully saturated rings. The van der Waals surface area contributed by atoms with Crippen LogP contribution >= 0.6 is 27.5 Å². The molecule has 1 heterocycles. The summed E-state index contributed by atoms with van der Waals surface area (Å²) in [5, 5.41) is 2.65. The lowest BCUT2D eigenvalue weighted by Gasteiger charge is -2.03. The molecule has 0 amide bonds. The molecule has 0 bridgehead atoms.